The highest BCUT2D eigenvalue weighted by Crippen LogP contribution is 2.30. The molecule has 0 unspecified atom stereocenters. The first kappa shape index (κ1) is 14.9. The van der Waals surface area contributed by atoms with Gasteiger partial charge in [-0.15, -0.1) is 0 Å². The zero-order valence-corrected chi connectivity index (χ0v) is 13.1. The molecule has 118 valence electrons. The van der Waals surface area contributed by atoms with Gasteiger partial charge in [0.05, 0.1) is 0 Å². The summed E-state index contributed by atoms with van der Waals surface area (Å²) in [6.45, 7) is 3.85. The lowest BCUT2D eigenvalue weighted by molar-refractivity contribution is 0.482. The standard InChI is InChI=1S/C17H19N5O/c1-17(2)21-15(18)20-16(19)22(17)12-8-10-14(11-9-12)23-13-6-4-3-5-7-13/h3-11H,1-2H3,(H4,18,19,20,21). The van der Waals surface area contributed by atoms with Crippen LogP contribution in [0, 0.1) is 0 Å². The molecule has 1 heterocycles. The zero-order chi connectivity index (χ0) is 16.4. The first-order valence-electron chi connectivity index (χ1n) is 7.28. The molecule has 0 amide bonds. The summed E-state index contributed by atoms with van der Waals surface area (Å²) in [5, 5.41) is 0. The number of aliphatic imine (C=N–C) groups is 2. The fourth-order valence-electron chi connectivity index (χ4n) is 2.54. The number of rotatable bonds is 3. The smallest absolute Gasteiger partial charge is 0.220 e. The van der Waals surface area contributed by atoms with Crippen LogP contribution in [-0.2, 0) is 0 Å². The highest BCUT2D eigenvalue weighted by molar-refractivity contribution is 6.05. The molecule has 0 saturated heterocycles. The summed E-state index contributed by atoms with van der Waals surface area (Å²) in [6.07, 6.45) is 0. The van der Waals surface area contributed by atoms with Crippen LogP contribution in [-0.4, -0.2) is 17.6 Å². The molecule has 0 radical (unpaired) electrons. The van der Waals surface area contributed by atoms with Gasteiger partial charge in [-0.25, -0.2) is 4.99 Å². The maximum absolute atomic E-state index is 6.02. The molecule has 2 aromatic carbocycles. The average Bonchev–Trinajstić information content (AvgIpc) is 2.48. The minimum absolute atomic E-state index is 0.188. The Labute approximate surface area is 135 Å². The van der Waals surface area contributed by atoms with Gasteiger partial charge in [-0.2, -0.15) is 4.99 Å². The van der Waals surface area contributed by atoms with Crippen molar-refractivity contribution in [2.45, 2.75) is 19.5 Å². The number of anilines is 1. The molecule has 1 aliphatic heterocycles. The Kier molecular flexibility index (Phi) is 3.65. The van der Waals surface area contributed by atoms with E-state index in [1.807, 2.05) is 73.3 Å². The number of hydrogen-bond donors (Lipinski definition) is 2. The molecular weight excluding hydrogens is 290 g/mol. The molecular formula is C17H19N5O. The molecule has 0 atom stereocenters. The van der Waals surface area contributed by atoms with Crippen molar-refractivity contribution >= 4 is 17.6 Å². The third kappa shape index (κ3) is 3.11. The normalized spacial score (nSPS) is 16.5. The lowest BCUT2D eigenvalue weighted by Gasteiger charge is -2.38. The first-order chi connectivity index (χ1) is 11.0. The van der Waals surface area contributed by atoms with Gasteiger partial charge < -0.3 is 16.2 Å². The van der Waals surface area contributed by atoms with Crippen molar-refractivity contribution in [3.8, 4) is 11.5 Å². The van der Waals surface area contributed by atoms with Crippen molar-refractivity contribution in [2.24, 2.45) is 21.5 Å². The predicted octanol–water partition coefficient (Wildman–Crippen LogP) is 2.66. The van der Waals surface area contributed by atoms with Gasteiger partial charge in [-0.3, -0.25) is 4.90 Å². The summed E-state index contributed by atoms with van der Waals surface area (Å²) in [7, 11) is 0. The highest BCUT2D eigenvalue weighted by Gasteiger charge is 2.32. The molecule has 0 aromatic heterocycles. The fraction of sp³-hybridized carbons (Fsp3) is 0.176. The number of nitrogens with zero attached hydrogens (tertiary/aromatic N) is 3. The number of guanidine groups is 2. The summed E-state index contributed by atoms with van der Waals surface area (Å²) < 4.78 is 5.79. The van der Waals surface area contributed by atoms with Crippen molar-refractivity contribution in [2.75, 3.05) is 4.90 Å². The van der Waals surface area contributed by atoms with Crippen molar-refractivity contribution in [3.63, 3.8) is 0 Å². The first-order valence-corrected chi connectivity index (χ1v) is 7.28. The van der Waals surface area contributed by atoms with E-state index in [9.17, 15) is 0 Å². The van der Waals surface area contributed by atoms with E-state index in [2.05, 4.69) is 9.98 Å². The van der Waals surface area contributed by atoms with Crippen LogP contribution in [0.3, 0.4) is 0 Å². The van der Waals surface area contributed by atoms with Gasteiger partial charge in [0.2, 0.25) is 11.9 Å². The van der Waals surface area contributed by atoms with E-state index in [1.54, 1.807) is 0 Å². The van der Waals surface area contributed by atoms with Gasteiger partial charge in [-0.05, 0) is 50.2 Å². The molecule has 6 heteroatoms. The van der Waals surface area contributed by atoms with Crippen molar-refractivity contribution in [3.05, 3.63) is 54.6 Å². The van der Waals surface area contributed by atoms with Crippen molar-refractivity contribution in [1.82, 2.24) is 0 Å². The summed E-state index contributed by atoms with van der Waals surface area (Å²) >= 11 is 0. The average molecular weight is 309 g/mol. The summed E-state index contributed by atoms with van der Waals surface area (Å²) in [5.41, 5.74) is 12.0. The molecule has 23 heavy (non-hydrogen) atoms. The SMILES string of the molecule is CC1(C)N=C(N)N=C(N)N1c1ccc(Oc2ccccc2)cc1. The summed E-state index contributed by atoms with van der Waals surface area (Å²) in [4.78, 5) is 10.2. The topological polar surface area (TPSA) is 89.2 Å². The van der Waals surface area contributed by atoms with Crippen LogP contribution < -0.4 is 21.1 Å². The Morgan fingerprint density at radius 2 is 1.52 bits per heavy atom. The van der Waals surface area contributed by atoms with E-state index < -0.39 is 5.66 Å². The molecule has 0 spiro atoms. The lowest BCUT2D eigenvalue weighted by Crippen LogP contribution is -2.54. The van der Waals surface area contributed by atoms with Crippen molar-refractivity contribution < 1.29 is 4.74 Å². The number of nitrogens with two attached hydrogens (primary N) is 2. The minimum Gasteiger partial charge on any atom is -0.457 e. The van der Waals surface area contributed by atoms with Crippen LogP contribution in [0.5, 0.6) is 11.5 Å². The zero-order valence-electron chi connectivity index (χ0n) is 13.1. The third-order valence-electron chi connectivity index (χ3n) is 3.47. The Morgan fingerprint density at radius 1 is 0.913 bits per heavy atom. The minimum atomic E-state index is -0.599. The molecule has 0 aliphatic carbocycles. The fourth-order valence-corrected chi connectivity index (χ4v) is 2.54. The Bertz CT molecular complexity index is 750. The summed E-state index contributed by atoms with van der Waals surface area (Å²) in [6, 6.07) is 17.2. The molecule has 3 rings (SSSR count). The van der Waals surface area contributed by atoms with E-state index in [1.165, 1.54) is 0 Å². The molecule has 0 saturated carbocycles. The molecule has 2 aromatic rings. The molecule has 1 aliphatic rings. The van der Waals surface area contributed by atoms with Crippen LogP contribution in [0.25, 0.3) is 0 Å². The second kappa shape index (κ2) is 5.64. The number of para-hydroxylation sites is 1. The number of hydrogen-bond acceptors (Lipinski definition) is 6. The molecule has 0 bridgehead atoms. The van der Waals surface area contributed by atoms with Gasteiger partial charge >= 0.3 is 0 Å². The summed E-state index contributed by atoms with van der Waals surface area (Å²) in [5.74, 6) is 2.04. The highest BCUT2D eigenvalue weighted by atomic mass is 16.5. The van der Waals surface area contributed by atoms with E-state index >= 15 is 0 Å². The second-order valence-corrected chi connectivity index (χ2v) is 5.68. The van der Waals surface area contributed by atoms with Gasteiger partial charge in [0.25, 0.3) is 0 Å². The van der Waals surface area contributed by atoms with E-state index in [0.29, 0.717) is 5.96 Å². The van der Waals surface area contributed by atoms with Gasteiger partial charge in [0.15, 0.2) is 0 Å². The largest absolute Gasteiger partial charge is 0.457 e. The van der Waals surface area contributed by atoms with Crippen LogP contribution >= 0.6 is 0 Å². The van der Waals surface area contributed by atoms with Crippen LogP contribution in [0.15, 0.2) is 64.6 Å². The quantitative estimate of drug-likeness (QED) is 0.912. The third-order valence-corrected chi connectivity index (χ3v) is 3.47. The number of benzene rings is 2. The Balaban J connectivity index is 1.84. The molecule has 0 fully saturated rings. The van der Waals surface area contributed by atoms with Crippen LogP contribution in [0.1, 0.15) is 13.8 Å². The number of ether oxygens (including phenoxy) is 1. The van der Waals surface area contributed by atoms with E-state index in [4.69, 9.17) is 16.2 Å². The monoisotopic (exact) mass is 309 g/mol. The van der Waals surface area contributed by atoms with Crippen LogP contribution in [0.4, 0.5) is 5.69 Å². The van der Waals surface area contributed by atoms with E-state index in [0.717, 1.165) is 17.2 Å². The molecule has 4 N–H and O–H groups in total. The molecule has 6 nitrogen and oxygen atoms in total. The van der Waals surface area contributed by atoms with Gasteiger partial charge in [-0.1, -0.05) is 18.2 Å². The van der Waals surface area contributed by atoms with Crippen LogP contribution in [0.2, 0.25) is 0 Å². The Hall–Kier alpha value is -3.02. The van der Waals surface area contributed by atoms with Gasteiger partial charge in [0, 0.05) is 5.69 Å². The van der Waals surface area contributed by atoms with E-state index in [-0.39, 0.29) is 5.96 Å². The maximum atomic E-state index is 6.02. The van der Waals surface area contributed by atoms with Gasteiger partial charge in [0.1, 0.15) is 17.2 Å². The lowest BCUT2D eigenvalue weighted by atomic mass is 10.1. The second-order valence-electron chi connectivity index (χ2n) is 5.68. The van der Waals surface area contributed by atoms with Crippen molar-refractivity contribution in [1.29, 1.82) is 0 Å². The predicted molar refractivity (Wildman–Crippen MR) is 92.8 cm³/mol. The maximum Gasteiger partial charge on any atom is 0.220 e. The Morgan fingerprint density at radius 3 is 2.13 bits per heavy atom.